The first-order valence-corrected chi connectivity index (χ1v) is 6.39. The molecule has 1 N–H and O–H groups in total. The molecular formula is C14H17N3O2. The van der Waals surface area contributed by atoms with Crippen molar-refractivity contribution in [2.75, 3.05) is 11.4 Å². The molecule has 0 spiro atoms. The van der Waals surface area contributed by atoms with Crippen molar-refractivity contribution < 1.29 is 9.90 Å². The van der Waals surface area contributed by atoms with Crippen LogP contribution in [0.1, 0.15) is 31.0 Å². The van der Waals surface area contributed by atoms with Crippen molar-refractivity contribution in [2.24, 2.45) is 5.92 Å². The van der Waals surface area contributed by atoms with Crippen molar-refractivity contribution in [3.8, 4) is 6.07 Å². The van der Waals surface area contributed by atoms with Gasteiger partial charge in [-0.2, -0.15) is 5.26 Å². The summed E-state index contributed by atoms with van der Waals surface area (Å²) in [6, 6.07) is 5.77. The smallest absolute Gasteiger partial charge is 0.306 e. The van der Waals surface area contributed by atoms with Crippen molar-refractivity contribution >= 4 is 11.8 Å². The summed E-state index contributed by atoms with van der Waals surface area (Å²) >= 11 is 0. The van der Waals surface area contributed by atoms with E-state index in [2.05, 4.69) is 16.0 Å². The van der Waals surface area contributed by atoms with E-state index < -0.39 is 5.97 Å². The lowest BCUT2D eigenvalue weighted by atomic mass is 9.91. The molecule has 0 radical (unpaired) electrons. The molecule has 0 bridgehead atoms. The summed E-state index contributed by atoms with van der Waals surface area (Å²) in [7, 11) is 0. The predicted octanol–water partition coefficient (Wildman–Crippen LogP) is 1.95. The van der Waals surface area contributed by atoms with Gasteiger partial charge < -0.3 is 10.0 Å². The fraction of sp³-hybridized carbons (Fsp3) is 0.500. The first kappa shape index (κ1) is 13.3. The van der Waals surface area contributed by atoms with Crippen molar-refractivity contribution in [1.29, 1.82) is 5.26 Å². The zero-order valence-corrected chi connectivity index (χ0v) is 11.1. The summed E-state index contributed by atoms with van der Waals surface area (Å²) in [5, 5.41) is 18.1. The zero-order chi connectivity index (χ0) is 14.0. The number of carboxylic acid groups (broad SMARTS) is 1. The number of carbonyl (C=O) groups is 1. The number of nitrogens with zero attached hydrogens (tertiary/aromatic N) is 3. The van der Waals surface area contributed by atoms with Crippen molar-refractivity contribution in [2.45, 2.75) is 32.7 Å². The van der Waals surface area contributed by atoms with Gasteiger partial charge in [0.05, 0.1) is 17.6 Å². The molecule has 1 aliphatic rings. The number of aromatic nitrogens is 1. The van der Waals surface area contributed by atoms with Crippen LogP contribution >= 0.6 is 0 Å². The van der Waals surface area contributed by atoms with E-state index in [0.717, 1.165) is 11.5 Å². The number of aryl methyl sites for hydroxylation is 1. The average molecular weight is 259 g/mol. The maximum atomic E-state index is 11.0. The van der Waals surface area contributed by atoms with Gasteiger partial charge in [-0.25, -0.2) is 4.98 Å². The molecule has 1 aliphatic heterocycles. The molecule has 0 saturated carbocycles. The van der Waals surface area contributed by atoms with Crippen LogP contribution in [0.4, 0.5) is 5.82 Å². The molecule has 0 aliphatic carbocycles. The van der Waals surface area contributed by atoms with E-state index in [4.69, 9.17) is 10.4 Å². The van der Waals surface area contributed by atoms with Gasteiger partial charge in [0.25, 0.3) is 0 Å². The highest BCUT2D eigenvalue weighted by Crippen LogP contribution is 2.27. The molecule has 1 aromatic rings. The molecule has 1 fully saturated rings. The van der Waals surface area contributed by atoms with Gasteiger partial charge in [-0.1, -0.05) is 0 Å². The van der Waals surface area contributed by atoms with E-state index in [0.29, 0.717) is 24.9 Å². The van der Waals surface area contributed by atoms with Gasteiger partial charge in [-0.15, -0.1) is 0 Å². The summed E-state index contributed by atoms with van der Waals surface area (Å²) in [6.45, 7) is 4.53. The Kier molecular flexibility index (Phi) is 3.70. The molecule has 1 aromatic heterocycles. The lowest BCUT2D eigenvalue weighted by Gasteiger charge is -2.37. The first-order valence-electron chi connectivity index (χ1n) is 6.39. The molecule has 2 unspecified atom stereocenters. The number of hydrogen-bond donors (Lipinski definition) is 1. The third-order valence-corrected chi connectivity index (χ3v) is 3.59. The Bertz CT molecular complexity index is 536. The molecule has 1 saturated heterocycles. The molecular weight excluding hydrogens is 242 g/mol. The van der Waals surface area contributed by atoms with E-state index >= 15 is 0 Å². The van der Waals surface area contributed by atoms with Crippen molar-refractivity contribution in [3.05, 3.63) is 23.4 Å². The van der Waals surface area contributed by atoms with Gasteiger partial charge in [0.1, 0.15) is 5.82 Å². The van der Waals surface area contributed by atoms with Crippen LogP contribution in [0.5, 0.6) is 0 Å². The number of rotatable bonds is 2. The monoisotopic (exact) mass is 259 g/mol. The third-order valence-electron chi connectivity index (χ3n) is 3.59. The van der Waals surface area contributed by atoms with Gasteiger partial charge in [-0.3, -0.25) is 4.79 Å². The summed E-state index contributed by atoms with van der Waals surface area (Å²) in [5.41, 5.74) is 1.40. The largest absolute Gasteiger partial charge is 0.481 e. The van der Waals surface area contributed by atoms with Crippen LogP contribution < -0.4 is 4.90 Å². The normalized spacial score (nSPS) is 22.9. The SMILES string of the molecule is Cc1cc(C#N)cc(N2CCC(C(=O)O)CC2C)n1. The van der Waals surface area contributed by atoms with E-state index in [9.17, 15) is 4.79 Å². The number of carboxylic acids is 1. The van der Waals surface area contributed by atoms with Gasteiger partial charge >= 0.3 is 5.97 Å². The minimum atomic E-state index is -0.721. The Labute approximate surface area is 112 Å². The Balaban J connectivity index is 2.22. The van der Waals surface area contributed by atoms with Gasteiger partial charge in [-0.05, 0) is 38.8 Å². The van der Waals surface area contributed by atoms with Crippen LogP contribution in [-0.2, 0) is 4.79 Å². The topological polar surface area (TPSA) is 77.2 Å². The van der Waals surface area contributed by atoms with Gasteiger partial charge in [0.2, 0.25) is 0 Å². The standard InChI is InChI=1S/C14H17N3O2/c1-9-5-11(8-15)7-13(16-9)17-4-3-12(14(18)19)6-10(17)2/h5,7,10,12H,3-4,6H2,1-2H3,(H,18,19). The highest BCUT2D eigenvalue weighted by atomic mass is 16.4. The summed E-state index contributed by atoms with van der Waals surface area (Å²) in [5.74, 6) is -0.221. The minimum Gasteiger partial charge on any atom is -0.481 e. The molecule has 2 heterocycles. The Morgan fingerprint density at radius 1 is 1.58 bits per heavy atom. The number of anilines is 1. The Morgan fingerprint density at radius 2 is 2.32 bits per heavy atom. The lowest BCUT2D eigenvalue weighted by molar-refractivity contribution is -0.142. The fourth-order valence-corrected chi connectivity index (χ4v) is 2.60. The highest BCUT2D eigenvalue weighted by molar-refractivity contribution is 5.70. The number of nitriles is 1. The van der Waals surface area contributed by atoms with Crippen LogP contribution in [0.25, 0.3) is 0 Å². The van der Waals surface area contributed by atoms with E-state index in [1.807, 2.05) is 13.8 Å². The molecule has 100 valence electrons. The Hall–Kier alpha value is -2.09. The maximum absolute atomic E-state index is 11.0. The molecule has 0 amide bonds. The molecule has 19 heavy (non-hydrogen) atoms. The molecule has 5 heteroatoms. The van der Waals surface area contributed by atoms with Crippen LogP contribution in [0.3, 0.4) is 0 Å². The van der Waals surface area contributed by atoms with Crippen LogP contribution in [0.2, 0.25) is 0 Å². The van der Waals surface area contributed by atoms with Crippen molar-refractivity contribution in [3.63, 3.8) is 0 Å². The first-order chi connectivity index (χ1) is 9.01. The fourth-order valence-electron chi connectivity index (χ4n) is 2.60. The summed E-state index contributed by atoms with van der Waals surface area (Å²) in [4.78, 5) is 17.6. The van der Waals surface area contributed by atoms with Crippen molar-refractivity contribution in [1.82, 2.24) is 4.98 Å². The molecule has 2 atom stereocenters. The van der Waals surface area contributed by atoms with Gasteiger partial charge in [0, 0.05) is 18.3 Å². The average Bonchev–Trinajstić information content (AvgIpc) is 2.37. The van der Waals surface area contributed by atoms with E-state index in [1.165, 1.54) is 0 Å². The van der Waals surface area contributed by atoms with Crippen LogP contribution in [-0.4, -0.2) is 28.6 Å². The summed E-state index contributed by atoms with van der Waals surface area (Å²) in [6.07, 6.45) is 1.24. The number of hydrogen-bond acceptors (Lipinski definition) is 4. The van der Waals surface area contributed by atoms with E-state index in [1.54, 1.807) is 12.1 Å². The number of aliphatic carboxylic acids is 1. The predicted molar refractivity (Wildman–Crippen MR) is 70.9 cm³/mol. The molecule has 0 aromatic carbocycles. The second kappa shape index (κ2) is 5.27. The van der Waals surface area contributed by atoms with Crippen LogP contribution in [0, 0.1) is 24.2 Å². The lowest BCUT2D eigenvalue weighted by Crippen LogP contribution is -2.43. The zero-order valence-electron chi connectivity index (χ0n) is 11.1. The second-order valence-corrected chi connectivity index (χ2v) is 5.07. The number of piperidine rings is 1. The molecule has 2 rings (SSSR count). The van der Waals surface area contributed by atoms with E-state index in [-0.39, 0.29) is 12.0 Å². The molecule has 5 nitrogen and oxygen atoms in total. The highest BCUT2D eigenvalue weighted by Gasteiger charge is 2.30. The Morgan fingerprint density at radius 3 is 2.89 bits per heavy atom. The van der Waals surface area contributed by atoms with Gasteiger partial charge in [0.15, 0.2) is 0 Å². The number of pyridine rings is 1. The maximum Gasteiger partial charge on any atom is 0.306 e. The quantitative estimate of drug-likeness (QED) is 0.878. The van der Waals surface area contributed by atoms with Crippen LogP contribution in [0.15, 0.2) is 12.1 Å². The third kappa shape index (κ3) is 2.84. The second-order valence-electron chi connectivity index (χ2n) is 5.07. The summed E-state index contributed by atoms with van der Waals surface area (Å²) < 4.78 is 0. The minimum absolute atomic E-state index is 0.121.